The Hall–Kier alpha value is -2.92. The number of hydrogen-bond donors (Lipinski definition) is 1. The Labute approximate surface area is 327 Å². The van der Waals surface area contributed by atoms with Crippen LogP contribution in [-0.4, -0.2) is 101 Å². The largest absolute Gasteiger partial charge is 0.417 e. The van der Waals surface area contributed by atoms with Crippen LogP contribution in [-0.2, 0) is 65.4 Å². The van der Waals surface area contributed by atoms with Crippen molar-refractivity contribution in [2.45, 2.75) is 43.3 Å². The third-order valence-electron chi connectivity index (χ3n) is 9.46. The normalized spacial score (nSPS) is 19.6. The van der Waals surface area contributed by atoms with Crippen LogP contribution in [0.2, 0.25) is 5.02 Å². The second-order valence-electron chi connectivity index (χ2n) is 13.2. The molecule has 0 aliphatic carbocycles. The summed E-state index contributed by atoms with van der Waals surface area (Å²) in [5.41, 5.74) is 0.971. The summed E-state index contributed by atoms with van der Waals surface area (Å²) in [4.78, 5) is 3.61. The first-order valence-corrected chi connectivity index (χ1v) is 21.9. The van der Waals surface area contributed by atoms with Gasteiger partial charge in [-0.25, -0.2) is 17.6 Å². The van der Waals surface area contributed by atoms with Crippen molar-refractivity contribution in [3.8, 4) is 0 Å². The van der Waals surface area contributed by atoms with Crippen molar-refractivity contribution >= 4 is 72.4 Å². The number of anilines is 2. The van der Waals surface area contributed by atoms with Gasteiger partial charge < -0.3 is 14.5 Å². The lowest BCUT2D eigenvalue weighted by Gasteiger charge is -2.24. The maximum atomic E-state index is 13.9. The predicted molar refractivity (Wildman–Crippen MR) is 203 cm³/mol. The van der Waals surface area contributed by atoms with Gasteiger partial charge in [0.25, 0.3) is 15.9 Å². The topological polar surface area (TPSA) is 138 Å². The van der Waals surface area contributed by atoms with Crippen LogP contribution in [0, 0.1) is 0 Å². The minimum absolute atomic E-state index is 0.0287. The van der Waals surface area contributed by atoms with Gasteiger partial charge in [-0.3, -0.25) is 4.55 Å². The Morgan fingerprint density at radius 2 is 1.71 bits per heavy atom. The summed E-state index contributed by atoms with van der Waals surface area (Å²) < 4.78 is 121. The molecule has 302 valence electrons. The average molecular weight is 852 g/mol. The average Bonchev–Trinajstić information content (AvgIpc) is 3.54. The third-order valence-corrected chi connectivity index (χ3v) is 12.5. The van der Waals surface area contributed by atoms with E-state index in [0.29, 0.717) is 67.1 Å². The molecule has 21 heteroatoms. The number of aromatic nitrogens is 2. The summed E-state index contributed by atoms with van der Waals surface area (Å²) in [6.45, 7) is 3.49. The number of allylic oxidation sites excluding steroid dienone is 2. The molecule has 3 aliphatic rings. The molecular weight excluding hydrogens is 809 g/mol. The molecule has 0 saturated carbocycles. The van der Waals surface area contributed by atoms with Crippen LogP contribution < -0.4 is 14.4 Å². The van der Waals surface area contributed by atoms with Crippen molar-refractivity contribution in [3.05, 3.63) is 64.7 Å². The fourth-order valence-electron chi connectivity index (χ4n) is 6.73. The molecule has 4 heterocycles. The van der Waals surface area contributed by atoms with Gasteiger partial charge in [-0.1, -0.05) is 24.1 Å². The zero-order chi connectivity index (χ0) is 39.5. The number of imidazole rings is 1. The highest BCUT2D eigenvalue weighted by atomic mass is 35.5. The molecule has 14 nitrogen and oxygen atoms in total. The Bertz CT molecular complexity index is 2100. The van der Waals surface area contributed by atoms with Gasteiger partial charge in [0.2, 0.25) is 11.1 Å². The van der Waals surface area contributed by atoms with Crippen molar-refractivity contribution in [2.24, 2.45) is 7.05 Å². The minimum Gasteiger partial charge on any atom is -0.379 e. The zero-order valence-electron chi connectivity index (χ0n) is 30.2. The van der Waals surface area contributed by atoms with Crippen molar-refractivity contribution in [1.82, 2.24) is 14.7 Å². The SMILES string of the molecule is CN1C(=CC=Cc2n(CCS(=O)ON3CCCCC3)c3cc(S(=O)ON4CCOCC4)ccc3[n+]2C)N(CCCS(=O)(=O)O)c2cc(C(F)(F)F)c(Cl)cc21. The van der Waals surface area contributed by atoms with E-state index >= 15 is 0 Å². The number of hydroxylamine groups is 4. The molecule has 0 spiro atoms. The molecule has 2 saturated heterocycles. The number of alkyl halides is 3. The van der Waals surface area contributed by atoms with Crippen LogP contribution in [0.25, 0.3) is 17.1 Å². The maximum Gasteiger partial charge on any atom is 0.417 e. The van der Waals surface area contributed by atoms with E-state index in [-0.39, 0.29) is 31.0 Å². The number of morpholine rings is 1. The monoisotopic (exact) mass is 851 g/mol. The van der Waals surface area contributed by atoms with Crippen LogP contribution in [0.15, 0.2) is 53.2 Å². The number of benzene rings is 2. The molecule has 1 N–H and O–H groups in total. The number of hydrogen-bond acceptors (Lipinski definition) is 11. The number of aryl methyl sites for hydroxylation is 2. The van der Waals surface area contributed by atoms with E-state index in [1.165, 1.54) is 6.07 Å². The van der Waals surface area contributed by atoms with E-state index in [1.807, 2.05) is 22.2 Å². The fourth-order valence-corrected chi connectivity index (χ4v) is 9.10. The molecule has 6 rings (SSSR count). The van der Waals surface area contributed by atoms with Gasteiger partial charge in [-0.05, 0) is 49.6 Å². The molecule has 2 atom stereocenters. The van der Waals surface area contributed by atoms with Gasteiger partial charge in [0.1, 0.15) is 12.4 Å². The summed E-state index contributed by atoms with van der Waals surface area (Å²) >= 11 is 2.60. The van der Waals surface area contributed by atoms with Crippen molar-refractivity contribution < 1.29 is 52.4 Å². The van der Waals surface area contributed by atoms with Crippen molar-refractivity contribution in [2.75, 3.05) is 74.3 Å². The van der Waals surface area contributed by atoms with E-state index in [1.54, 1.807) is 57.3 Å². The van der Waals surface area contributed by atoms with Crippen LogP contribution >= 0.6 is 11.6 Å². The van der Waals surface area contributed by atoms with E-state index in [4.69, 9.17) is 24.9 Å². The quantitative estimate of drug-likeness (QED) is 0.179. The highest BCUT2D eigenvalue weighted by molar-refractivity contribution is 7.85. The van der Waals surface area contributed by atoms with Gasteiger partial charge in [0, 0.05) is 51.9 Å². The van der Waals surface area contributed by atoms with Crippen LogP contribution in [0.4, 0.5) is 24.5 Å². The zero-order valence-corrected chi connectivity index (χ0v) is 33.4. The van der Waals surface area contributed by atoms with E-state index in [9.17, 15) is 34.6 Å². The molecule has 3 aliphatic heterocycles. The lowest BCUT2D eigenvalue weighted by atomic mass is 10.1. The molecular formula is C34H43ClF3N6O8S3+. The lowest BCUT2D eigenvalue weighted by molar-refractivity contribution is -0.647. The fraction of sp³-hybridized carbons (Fsp3) is 0.500. The molecule has 55 heavy (non-hydrogen) atoms. The molecule has 0 amide bonds. The number of piperidine rings is 1. The molecule has 0 bridgehead atoms. The molecule has 0 radical (unpaired) electrons. The first-order chi connectivity index (χ1) is 26.1. The van der Waals surface area contributed by atoms with Gasteiger partial charge in [0.05, 0.1) is 58.6 Å². The maximum absolute atomic E-state index is 13.9. The molecule has 3 aromatic rings. The third kappa shape index (κ3) is 10.2. The number of nitrogens with zero attached hydrogens (tertiary/aromatic N) is 6. The standard InChI is InChI=1S/C34H42ClF3N6O8S3/c1-39-28-11-10-25(54(46)52-42-15-18-50-19-16-42)22-30(28)44(17-20-53(45)51-41-12-4-3-5-13-41)32(39)8-6-9-33-40(2)29-24-27(35)26(34(36,37)38)23-31(29)43(33)14-7-21-55(47,48)49/h6,8-11,22-24H,3-5,7,12-21H2,1-2H3/p+1. The summed E-state index contributed by atoms with van der Waals surface area (Å²) in [5, 5.41) is 2.85. The number of ether oxygens (including phenoxy) is 1. The van der Waals surface area contributed by atoms with Crippen molar-refractivity contribution in [3.63, 3.8) is 0 Å². The van der Waals surface area contributed by atoms with Crippen LogP contribution in [0.5, 0.6) is 0 Å². The molecule has 2 aromatic carbocycles. The number of halogens is 4. The summed E-state index contributed by atoms with van der Waals surface area (Å²) in [5.74, 6) is 0.629. The van der Waals surface area contributed by atoms with E-state index in [0.717, 1.165) is 30.8 Å². The van der Waals surface area contributed by atoms with Crippen LogP contribution in [0.3, 0.4) is 0 Å². The second-order valence-corrected chi connectivity index (χ2v) is 17.4. The van der Waals surface area contributed by atoms with E-state index in [2.05, 4.69) is 0 Å². The smallest absolute Gasteiger partial charge is 0.379 e. The summed E-state index contributed by atoms with van der Waals surface area (Å²) in [6.07, 6.45) is 3.36. The predicted octanol–water partition coefficient (Wildman–Crippen LogP) is 4.59. The number of rotatable bonds is 14. The highest BCUT2D eigenvalue weighted by Crippen LogP contribution is 2.47. The van der Waals surface area contributed by atoms with Gasteiger partial charge in [-0.15, -0.1) is 0 Å². The first-order valence-electron chi connectivity index (χ1n) is 17.6. The lowest BCUT2D eigenvalue weighted by Crippen LogP contribution is -2.36. The van der Waals surface area contributed by atoms with Gasteiger partial charge in [-0.2, -0.15) is 40.3 Å². The van der Waals surface area contributed by atoms with Crippen molar-refractivity contribution in [1.29, 1.82) is 0 Å². The second kappa shape index (κ2) is 17.7. The summed E-state index contributed by atoms with van der Waals surface area (Å²) in [6, 6.07) is 7.44. The van der Waals surface area contributed by atoms with E-state index < -0.39 is 54.8 Å². The molecule has 2 fully saturated rings. The Morgan fingerprint density at radius 3 is 2.40 bits per heavy atom. The van der Waals surface area contributed by atoms with Gasteiger partial charge >= 0.3 is 6.18 Å². The Balaban J connectivity index is 1.34. The Kier molecular flexibility index (Phi) is 13.4. The van der Waals surface area contributed by atoms with Crippen LogP contribution in [0.1, 0.15) is 37.1 Å². The minimum atomic E-state index is -4.73. The highest BCUT2D eigenvalue weighted by Gasteiger charge is 2.38. The Morgan fingerprint density at radius 1 is 1.00 bits per heavy atom. The summed E-state index contributed by atoms with van der Waals surface area (Å²) in [7, 11) is -0.828. The van der Waals surface area contributed by atoms with Gasteiger partial charge in [0.15, 0.2) is 22.1 Å². The number of fused-ring (bicyclic) bond motifs is 2. The first kappa shape index (κ1) is 41.7. The molecule has 1 aromatic heterocycles. The molecule has 2 unspecified atom stereocenters.